The first-order valence-corrected chi connectivity index (χ1v) is 10.1. The summed E-state index contributed by atoms with van der Waals surface area (Å²) in [6.07, 6.45) is 2.15. The Bertz CT molecular complexity index is 938. The molecule has 1 unspecified atom stereocenters. The molecule has 0 bridgehead atoms. The van der Waals surface area contributed by atoms with Gasteiger partial charge in [0.25, 0.3) is 0 Å². The molecule has 0 aliphatic carbocycles. The number of carbonyl (C=O) groups is 1. The summed E-state index contributed by atoms with van der Waals surface area (Å²) in [5.74, 6) is 1.61. The van der Waals surface area contributed by atoms with E-state index in [1.54, 1.807) is 0 Å². The molecular formula is C22H26ClN3O2. The van der Waals surface area contributed by atoms with E-state index in [1.807, 2.05) is 56.3 Å². The van der Waals surface area contributed by atoms with Crippen LogP contribution < -0.4 is 10.1 Å². The Morgan fingerprint density at radius 3 is 2.75 bits per heavy atom. The Hall–Kier alpha value is -2.53. The van der Waals surface area contributed by atoms with Gasteiger partial charge in [-0.15, -0.1) is 0 Å². The molecule has 3 rings (SSSR count). The van der Waals surface area contributed by atoms with Crippen molar-refractivity contribution in [3.05, 3.63) is 59.4 Å². The standard InChI is InChI=1S/C22H26ClN3O2/c1-3-9-21(27)24-16(2)22-25-18-11-5-6-12-19(18)26(22)14-8-15-28-20-13-7-4-10-17(20)23/h4-7,10-13,16H,3,8-9,14-15H2,1-2H3,(H,24,27). The summed E-state index contributed by atoms with van der Waals surface area (Å²) >= 11 is 6.14. The molecule has 0 saturated carbocycles. The van der Waals surface area contributed by atoms with Crippen LogP contribution in [-0.4, -0.2) is 22.1 Å². The fourth-order valence-electron chi connectivity index (χ4n) is 3.23. The number of benzene rings is 2. The zero-order chi connectivity index (χ0) is 19.9. The molecule has 1 aromatic heterocycles. The minimum atomic E-state index is -0.157. The predicted molar refractivity (Wildman–Crippen MR) is 113 cm³/mol. The van der Waals surface area contributed by atoms with Gasteiger partial charge in [0.2, 0.25) is 5.91 Å². The summed E-state index contributed by atoms with van der Waals surface area (Å²) in [6, 6.07) is 15.4. The Balaban J connectivity index is 1.71. The molecule has 0 aliphatic rings. The molecule has 1 heterocycles. The van der Waals surface area contributed by atoms with Crippen LogP contribution in [0.15, 0.2) is 48.5 Å². The molecule has 0 saturated heterocycles. The first-order chi connectivity index (χ1) is 13.6. The number of amides is 1. The summed E-state index contributed by atoms with van der Waals surface area (Å²) in [4.78, 5) is 16.8. The number of para-hydroxylation sites is 3. The van der Waals surface area contributed by atoms with Crippen LogP contribution in [0, 0.1) is 0 Å². The fourth-order valence-corrected chi connectivity index (χ4v) is 3.42. The molecule has 1 amide bonds. The molecule has 3 aromatic rings. The van der Waals surface area contributed by atoms with Crippen molar-refractivity contribution in [2.24, 2.45) is 0 Å². The number of carbonyl (C=O) groups excluding carboxylic acids is 1. The Labute approximate surface area is 170 Å². The molecule has 6 heteroatoms. The maximum atomic E-state index is 12.0. The van der Waals surface area contributed by atoms with Crippen LogP contribution in [0.4, 0.5) is 0 Å². The van der Waals surface area contributed by atoms with Gasteiger partial charge in [0.05, 0.1) is 28.7 Å². The van der Waals surface area contributed by atoms with Gasteiger partial charge in [-0.3, -0.25) is 4.79 Å². The van der Waals surface area contributed by atoms with E-state index in [9.17, 15) is 4.79 Å². The summed E-state index contributed by atoms with van der Waals surface area (Å²) in [6.45, 7) is 5.27. The van der Waals surface area contributed by atoms with Crippen molar-refractivity contribution in [2.75, 3.05) is 6.61 Å². The van der Waals surface area contributed by atoms with E-state index in [0.717, 1.165) is 36.2 Å². The van der Waals surface area contributed by atoms with E-state index in [2.05, 4.69) is 16.0 Å². The first-order valence-electron chi connectivity index (χ1n) is 9.72. The Kier molecular flexibility index (Phi) is 6.93. The third kappa shape index (κ3) is 4.84. The monoisotopic (exact) mass is 399 g/mol. The molecule has 0 radical (unpaired) electrons. The molecule has 148 valence electrons. The van der Waals surface area contributed by atoms with Crippen molar-refractivity contribution in [2.45, 2.75) is 45.7 Å². The summed E-state index contributed by atoms with van der Waals surface area (Å²) in [7, 11) is 0. The highest BCUT2D eigenvalue weighted by atomic mass is 35.5. The molecular weight excluding hydrogens is 374 g/mol. The van der Waals surface area contributed by atoms with Gasteiger partial charge in [-0.05, 0) is 44.0 Å². The van der Waals surface area contributed by atoms with Crippen molar-refractivity contribution in [3.63, 3.8) is 0 Å². The molecule has 2 aromatic carbocycles. The first kappa shape index (κ1) is 20.2. The van der Waals surface area contributed by atoms with Gasteiger partial charge in [-0.25, -0.2) is 4.98 Å². The minimum Gasteiger partial charge on any atom is -0.492 e. The quantitative estimate of drug-likeness (QED) is 0.507. The lowest BCUT2D eigenvalue weighted by Gasteiger charge is -2.16. The number of nitrogens with one attached hydrogen (secondary N) is 1. The number of nitrogens with zero attached hydrogens (tertiary/aromatic N) is 2. The lowest BCUT2D eigenvalue weighted by atomic mass is 10.2. The van der Waals surface area contributed by atoms with Gasteiger partial charge >= 0.3 is 0 Å². The van der Waals surface area contributed by atoms with Gasteiger partial charge in [0.15, 0.2) is 0 Å². The summed E-state index contributed by atoms with van der Waals surface area (Å²) in [5, 5.41) is 3.67. The largest absolute Gasteiger partial charge is 0.492 e. The van der Waals surface area contributed by atoms with Gasteiger partial charge in [0, 0.05) is 13.0 Å². The highest BCUT2D eigenvalue weighted by molar-refractivity contribution is 6.32. The molecule has 1 N–H and O–H groups in total. The third-order valence-corrected chi connectivity index (χ3v) is 4.86. The van der Waals surface area contributed by atoms with Crippen LogP contribution >= 0.6 is 11.6 Å². The smallest absolute Gasteiger partial charge is 0.220 e. The van der Waals surface area contributed by atoms with E-state index in [0.29, 0.717) is 23.8 Å². The van der Waals surface area contributed by atoms with Gasteiger partial charge in [0.1, 0.15) is 11.6 Å². The van der Waals surface area contributed by atoms with Gasteiger partial charge in [-0.1, -0.05) is 42.8 Å². The molecule has 0 aliphatic heterocycles. The summed E-state index contributed by atoms with van der Waals surface area (Å²) < 4.78 is 7.98. The number of hydrogen-bond donors (Lipinski definition) is 1. The number of halogens is 1. The van der Waals surface area contributed by atoms with Gasteiger partial charge < -0.3 is 14.6 Å². The minimum absolute atomic E-state index is 0.0515. The Morgan fingerprint density at radius 2 is 1.96 bits per heavy atom. The Morgan fingerprint density at radius 1 is 1.21 bits per heavy atom. The van der Waals surface area contributed by atoms with Crippen LogP contribution in [0.3, 0.4) is 0 Å². The van der Waals surface area contributed by atoms with Crippen molar-refractivity contribution < 1.29 is 9.53 Å². The molecule has 28 heavy (non-hydrogen) atoms. The number of hydrogen-bond acceptors (Lipinski definition) is 3. The maximum absolute atomic E-state index is 12.0. The van der Waals surface area contributed by atoms with Crippen LogP contribution in [0.1, 0.15) is 45.0 Å². The third-order valence-electron chi connectivity index (χ3n) is 4.55. The van der Waals surface area contributed by atoms with E-state index in [-0.39, 0.29) is 11.9 Å². The van der Waals surface area contributed by atoms with E-state index < -0.39 is 0 Å². The molecule has 1 atom stereocenters. The van der Waals surface area contributed by atoms with Crippen LogP contribution in [0.5, 0.6) is 5.75 Å². The average molecular weight is 400 g/mol. The summed E-state index contributed by atoms with van der Waals surface area (Å²) in [5.41, 5.74) is 1.99. The second-order valence-corrected chi connectivity index (χ2v) is 7.19. The second-order valence-electron chi connectivity index (χ2n) is 6.78. The maximum Gasteiger partial charge on any atom is 0.220 e. The highest BCUT2D eigenvalue weighted by Crippen LogP contribution is 2.24. The number of ether oxygens (including phenoxy) is 1. The molecule has 5 nitrogen and oxygen atoms in total. The SMILES string of the molecule is CCCC(=O)NC(C)c1nc2ccccc2n1CCCOc1ccccc1Cl. The fraction of sp³-hybridized carbons (Fsp3) is 0.364. The van der Waals surface area contributed by atoms with Crippen molar-refractivity contribution in [1.29, 1.82) is 0 Å². The van der Waals surface area contributed by atoms with Crippen molar-refractivity contribution in [1.82, 2.24) is 14.9 Å². The van der Waals surface area contributed by atoms with E-state index in [1.165, 1.54) is 0 Å². The number of fused-ring (bicyclic) bond motifs is 1. The van der Waals surface area contributed by atoms with Crippen LogP contribution in [0.25, 0.3) is 11.0 Å². The highest BCUT2D eigenvalue weighted by Gasteiger charge is 2.18. The van der Waals surface area contributed by atoms with E-state index >= 15 is 0 Å². The zero-order valence-corrected chi connectivity index (χ0v) is 17.1. The predicted octanol–water partition coefficient (Wildman–Crippen LogP) is 5.14. The van der Waals surface area contributed by atoms with Gasteiger partial charge in [-0.2, -0.15) is 0 Å². The lowest BCUT2D eigenvalue weighted by Crippen LogP contribution is -2.28. The topological polar surface area (TPSA) is 56.2 Å². The van der Waals surface area contributed by atoms with Crippen LogP contribution in [-0.2, 0) is 11.3 Å². The zero-order valence-electron chi connectivity index (χ0n) is 16.3. The number of imidazole rings is 1. The van der Waals surface area contributed by atoms with Crippen molar-refractivity contribution in [3.8, 4) is 5.75 Å². The number of rotatable bonds is 9. The molecule has 0 spiro atoms. The van der Waals surface area contributed by atoms with Crippen molar-refractivity contribution >= 4 is 28.5 Å². The second kappa shape index (κ2) is 9.60. The van der Waals surface area contributed by atoms with E-state index in [4.69, 9.17) is 21.3 Å². The van der Waals surface area contributed by atoms with Crippen LogP contribution in [0.2, 0.25) is 5.02 Å². The average Bonchev–Trinajstić information content (AvgIpc) is 3.05. The lowest BCUT2D eigenvalue weighted by molar-refractivity contribution is -0.121. The molecule has 0 fully saturated rings. The number of aromatic nitrogens is 2. The normalized spacial score (nSPS) is 12.1. The number of aryl methyl sites for hydroxylation is 1.